The van der Waals surface area contributed by atoms with Crippen molar-refractivity contribution < 1.29 is 9.90 Å². The van der Waals surface area contributed by atoms with E-state index in [2.05, 4.69) is 17.3 Å². The fourth-order valence-corrected chi connectivity index (χ4v) is 3.20. The second-order valence-electron chi connectivity index (χ2n) is 6.17. The van der Waals surface area contributed by atoms with Crippen molar-refractivity contribution in [3.8, 4) is 0 Å². The molecule has 2 rings (SSSR count). The molecule has 0 bridgehead atoms. The van der Waals surface area contributed by atoms with Crippen molar-refractivity contribution in [2.45, 2.75) is 32.2 Å². The van der Waals surface area contributed by atoms with Gasteiger partial charge in [0.2, 0.25) is 0 Å². The van der Waals surface area contributed by atoms with Crippen molar-refractivity contribution in [3.05, 3.63) is 28.8 Å². The quantitative estimate of drug-likeness (QED) is 0.867. The summed E-state index contributed by atoms with van der Waals surface area (Å²) in [7, 11) is 2.09. The molecule has 1 saturated heterocycles. The number of likely N-dealkylation sites (tertiary alicyclic amines) is 1. The summed E-state index contributed by atoms with van der Waals surface area (Å²) in [6.45, 7) is 4.58. The van der Waals surface area contributed by atoms with Gasteiger partial charge in [-0.05, 0) is 57.0 Å². The van der Waals surface area contributed by atoms with E-state index in [9.17, 15) is 4.79 Å². The molecule has 128 valence electrons. The molecule has 0 saturated carbocycles. The van der Waals surface area contributed by atoms with Gasteiger partial charge in [-0.3, -0.25) is 0 Å². The molecular weight excluding hydrogens is 314 g/mol. The van der Waals surface area contributed by atoms with Crippen LogP contribution in [0.2, 0.25) is 5.02 Å². The van der Waals surface area contributed by atoms with Gasteiger partial charge < -0.3 is 20.2 Å². The Bertz CT molecular complexity index is 531. The summed E-state index contributed by atoms with van der Waals surface area (Å²) in [5, 5.41) is 12.6. The number of piperidine rings is 1. The van der Waals surface area contributed by atoms with E-state index in [0.29, 0.717) is 11.1 Å². The second kappa shape index (κ2) is 8.52. The van der Waals surface area contributed by atoms with Gasteiger partial charge in [-0.15, -0.1) is 0 Å². The number of hydrogen-bond acceptors (Lipinski definition) is 3. The Kier molecular flexibility index (Phi) is 6.69. The van der Waals surface area contributed by atoms with Crippen molar-refractivity contribution in [3.63, 3.8) is 0 Å². The maximum Gasteiger partial charge on any atom is 0.321 e. The van der Waals surface area contributed by atoms with E-state index in [-0.39, 0.29) is 12.6 Å². The van der Waals surface area contributed by atoms with Gasteiger partial charge in [0.1, 0.15) is 0 Å². The molecule has 2 N–H and O–H groups in total. The largest absolute Gasteiger partial charge is 0.396 e. The molecule has 0 aromatic heterocycles. The molecule has 0 unspecified atom stereocenters. The lowest BCUT2D eigenvalue weighted by Crippen LogP contribution is -2.47. The highest BCUT2D eigenvalue weighted by Gasteiger charge is 2.25. The zero-order chi connectivity index (χ0) is 16.8. The number of aryl methyl sites for hydroxylation is 1. The van der Waals surface area contributed by atoms with Crippen molar-refractivity contribution in [1.82, 2.24) is 9.80 Å². The molecule has 1 aromatic carbocycles. The number of aliphatic hydroxyl groups is 1. The van der Waals surface area contributed by atoms with Crippen molar-refractivity contribution in [2.24, 2.45) is 0 Å². The number of rotatable bonds is 5. The number of carbonyl (C=O) groups is 1. The van der Waals surface area contributed by atoms with Crippen LogP contribution in [0.1, 0.15) is 24.8 Å². The third-order valence-electron chi connectivity index (χ3n) is 4.47. The SMILES string of the molecule is Cc1cc(Cl)ccc1NC(=O)N1CCC(N(C)CCCO)CC1. The van der Waals surface area contributed by atoms with Gasteiger partial charge in [0.15, 0.2) is 0 Å². The Morgan fingerprint density at radius 3 is 2.74 bits per heavy atom. The van der Waals surface area contributed by atoms with Crippen molar-refractivity contribution in [1.29, 1.82) is 0 Å². The average Bonchev–Trinajstić information content (AvgIpc) is 2.55. The third-order valence-corrected chi connectivity index (χ3v) is 4.71. The molecule has 1 aliphatic heterocycles. The predicted octanol–water partition coefficient (Wildman–Crippen LogP) is 2.96. The molecule has 1 heterocycles. The Labute approximate surface area is 143 Å². The Hall–Kier alpha value is -1.30. The van der Waals surface area contributed by atoms with Crippen LogP contribution in [0.4, 0.5) is 10.5 Å². The first kappa shape index (κ1) is 18.0. The molecule has 1 aromatic rings. The van der Waals surface area contributed by atoms with E-state index < -0.39 is 0 Å². The van der Waals surface area contributed by atoms with Crippen LogP contribution < -0.4 is 5.32 Å². The smallest absolute Gasteiger partial charge is 0.321 e. The molecular formula is C17H26ClN3O2. The summed E-state index contributed by atoms with van der Waals surface area (Å²) in [4.78, 5) is 16.5. The Balaban J connectivity index is 1.83. The van der Waals surface area contributed by atoms with Gasteiger partial charge in [-0.2, -0.15) is 0 Å². The number of aliphatic hydroxyl groups excluding tert-OH is 1. The highest BCUT2D eigenvalue weighted by Crippen LogP contribution is 2.21. The maximum absolute atomic E-state index is 12.4. The predicted molar refractivity (Wildman–Crippen MR) is 94.1 cm³/mol. The number of nitrogens with zero attached hydrogens (tertiary/aromatic N) is 2. The first-order valence-electron chi connectivity index (χ1n) is 8.14. The summed E-state index contributed by atoms with van der Waals surface area (Å²) < 4.78 is 0. The second-order valence-corrected chi connectivity index (χ2v) is 6.60. The van der Waals surface area contributed by atoms with Crippen LogP contribution in [0.3, 0.4) is 0 Å². The number of amides is 2. The van der Waals surface area contributed by atoms with Crippen LogP contribution in [-0.4, -0.2) is 60.3 Å². The molecule has 2 amide bonds. The summed E-state index contributed by atoms with van der Waals surface area (Å²) in [5.74, 6) is 0. The van der Waals surface area contributed by atoms with E-state index in [1.165, 1.54) is 0 Å². The van der Waals surface area contributed by atoms with Gasteiger partial charge in [0, 0.05) is 43.0 Å². The van der Waals surface area contributed by atoms with E-state index in [1.54, 1.807) is 6.07 Å². The molecule has 5 nitrogen and oxygen atoms in total. The fourth-order valence-electron chi connectivity index (χ4n) is 2.97. The van der Waals surface area contributed by atoms with Gasteiger partial charge in [-0.25, -0.2) is 4.79 Å². The van der Waals surface area contributed by atoms with Crippen molar-refractivity contribution >= 4 is 23.3 Å². The molecule has 1 aliphatic rings. The maximum atomic E-state index is 12.4. The number of urea groups is 1. The third kappa shape index (κ3) is 5.09. The lowest BCUT2D eigenvalue weighted by atomic mass is 10.0. The number of benzene rings is 1. The monoisotopic (exact) mass is 339 g/mol. The Morgan fingerprint density at radius 2 is 2.13 bits per heavy atom. The number of halogens is 1. The van der Waals surface area contributed by atoms with Crippen LogP contribution >= 0.6 is 11.6 Å². The molecule has 0 spiro atoms. The van der Waals surface area contributed by atoms with Gasteiger partial charge in [0.25, 0.3) is 0 Å². The number of nitrogens with one attached hydrogen (secondary N) is 1. The molecule has 0 aliphatic carbocycles. The molecule has 0 atom stereocenters. The molecule has 1 fully saturated rings. The van der Waals surface area contributed by atoms with Gasteiger partial charge in [-0.1, -0.05) is 11.6 Å². The van der Waals surface area contributed by atoms with Crippen LogP contribution in [0.25, 0.3) is 0 Å². The summed E-state index contributed by atoms with van der Waals surface area (Å²) >= 11 is 5.94. The van der Waals surface area contributed by atoms with E-state index >= 15 is 0 Å². The number of hydrogen-bond donors (Lipinski definition) is 2. The number of carbonyl (C=O) groups excluding carboxylic acids is 1. The van der Waals surface area contributed by atoms with E-state index in [1.807, 2.05) is 24.0 Å². The standard InChI is InChI=1S/C17H26ClN3O2/c1-13-12-14(18)4-5-16(13)19-17(23)21-9-6-15(7-10-21)20(2)8-3-11-22/h4-5,12,15,22H,3,6-11H2,1-2H3,(H,19,23). The lowest BCUT2D eigenvalue weighted by molar-refractivity contribution is 0.134. The van der Waals surface area contributed by atoms with Crippen LogP contribution in [-0.2, 0) is 0 Å². The van der Waals surface area contributed by atoms with E-state index in [4.69, 9.17) is 16.7 Å². The van der Waals surface area contributed by atoms with E-state index in [0.717, 1.165) is 50.1 Å². The fraction of sp³-hybridized carbons (Fsp3) is 0.588. The highest BCUT2D eigenvalue weighted by molar-refractivity contribution is 6.30. The highest BCUT2D eigenvalue weighted by atomic mass is 35.5. The van der Waals surface area contributed by atoms with Gasteiger partial charge in [0.05, 0.1) is 0 Å². The number of anilines is 1. The topological polar surface area (TPSA) is 55.8 Å². The molecule has 23 heavy (non-hydrogen) atoms. The Morgan fingerprint density at radius 1 is 1.43 bits per heavy atom. The van der Waals surface area contributed by atoms with Crippen LogP contribution in [0.15, 0.2) is 18.2 Å². The normalized spacial score (nSPS) is 16.0. The van der Waals surface area contributed by atoms with Crippen LogP contribution in [0.5, 0.6) is 0 Å². The zero-order valence-electron chi connectivity index (χ0n) is 13.9. The van der Waals surface area contributed by atoms with Crippen molar-refractivity contribution in [2.75, 3.05) is 38.6 Å². The first-order chi connectivity index (χ1) is 11.0. The minimum Gasteiger partial charge on any atom is -0.396 e. The zero-order valence-corrected chi connectivity index (χ0v) is 14.6. The average molecular weight is 340 g/mol. The first-order valence-corrected chi connectivity index (χ1v) is 8.52. The summed E-state index contributed by atoms with van der Waals surface area (Å²) in [5.41, 5.74) is 1.77. The summed E-state index contributed by atoms with van der Waals surface area (Å²) in [6, 6.07) is 5.91. The minimum atomic E-state index is -0.0492. The minimum absolute atomic E-state index is 0.0492. The molecule has 6 heteroatoms. The van der Waals surface area contributed by atoms with Gasteiger partial charge >= 0.3 is 6.03 Å². The molecule has 0 radical (unpaired) electrons. The summed E-state index contributed by atoms with van der Waals surface area (Å²) in [6.07, 6.45) is 2.73. The lowest BCUT2D eigenvalue weighted by Gasteiger charge is -2.36. The van der Waals surface area contributed by atoms with Crippen LogP contribution in [0, 0.1) is 6.92 Å².